The van der Waals surface area contributed by atoms with E-state index in [0.717, 1.165) is 11.3 Å². The van der Waals surface area contributed by atoms with Gasteiger partial charge in [0.05, 0.1) is 11.2 Å². The van der Waals surface area contributed by atoms with Crippen LogP contribution < -0.4 is 0 Å². The number of aromatic nitrogens is 1. The van der Waals surface area contributed by atoms with Crippen LogP contribution in [0.25, 0.3) is 22.2 Å². The van der Waals surface area contributed by atoms with Gasteiger partial charge in [0.15, 0.2) is 0 Å². The average Bonchev–Trinajstić information content (AvgIpc) is 2.75. The summed E-state index contributed by atoms with van der Waals surface area (Å²) in [6.07, 6.45) is 7.57. The predicted octanol–water partition coefficient (Wildman–Crippen LogP) is 5.43. The van der Waals surface area contributed by atoms with E-state index in [2.05, 4.69) is 78.7 Å². The molecule has 4 rings (SSSR count). The lowest BCUT2D eigenvalue weighted by Crippen LogP contribution is -2.00. The largest absolute Gasteiger partial charge is 0.309 e. The van der Waals surface area contributed by atoms with Gasteiger partial charge in [0.25, 0.3) is 0 Å². The molecular formula is C20H17NS. The van der Waals surface area contributed by atoms with Crippen LogP contribution >= 0.6 is 12.6 Å². The van der Waals surface area contributed by atoms with Gasteiger partial charge in [-0.2, -0.15) is 0 Å². The van der Waals surface area contributed by atoms with E-state index in [1.807, 2.05) is 12.1 Å². The molecule has 0 saturated heterocycles. The molecule has 22 heavy (non-hydrogen) atoms. The van der Waals surface area contributed by atoms with Gasteiger partial charge in [-0.05, 0) is 54.8 Å². The second-order valence-electron chi connectivity index (χ2n) is 5.68. The highest BCUT2D eigenvalue weighted by Crippen LogP contribution is 2.35. The van der Waals surface area contributed by atoms with Crippen molar-refractivity contribution in [3.63, 3.8) is 0 Å². The maximum absolute atomic E-state index is 4.41. The third-order valence-electron chi connectivity index (χ3n) is 4.27. The quantitative estimate of drug-likeness (QED) is 0.572. The Balaban J connectivity index is 2.11. The van der Waals surface area contributed by atoms with Gasteiger partial charge in [0.2, 0.25) is 0 Å². The van der Waals surface area contributed by atoms with Crippen molar-refractivity contribution >= 4 is 29.1 Å². The first-order valence-corrected chi connectivity index (χ1v) is 7.96. The Kier molecular flexibility index (Phi) is 3.20. The Bertz CT molecular complexity index is 911. The normalized spacial score (nSPS) is 13.8. The molecule has 1 nitrogen and oxygen atoms in total. The van der Waals surface area contributed by atoms with Crippen LogP contribution in [0.2, 0.25) is 0 Å². The number of thiol groups is 1. The Labute approximate surface area is 136 Å². The van der Waals surface area contributed by atoms with Crippen molar-refractivity contribution in [2.75, 3.05) is 0 Å². The molecule has 108 valence electrons. The fourth-order valence-corrected chi connectivity index (χ4v) is 3.42. The summed E-state index contributed by atoms with van der Waals surface area (Å²) >= 11 is 4.41. The van der Waals surface area contributed by atoms with Crippen LogP contribution in [0.15, 0.2) is 71.7 Å². The molecule has 0 atom stereocenters. The third-order valence-corrected chi connectivity index (χ3v) is 4.56. The summed E-state index contributed by atoms with van der Waals surface area (Å²) < 4.78 is 2.37. The smallest absolute Gasteiger partial charge is 0.0537 e. The number of nitrogens with zero attached hydrogens (tertiary/aromatic N) is 1. The van der Waals surface area contributed by atoms with Gasteiger partial charge < -0.3 is 4.57 Å². The Morgan fingerprint density at radius 3 is 2.59 bits per heavy atom. The first-order valence-electron chi connectivity index (χ1n) is 7.51. The molecular weight excluding hydrogens is 286 g/mol. The first-order chi connectivity index (χ1) is 10.8. The molecule has 0 unspecified atom stereocenters. The molecule has 3 aromatic rings. The molecule has 1 aliphatic carbocycles. The zero-order chi connectivity index (χ0) is 15.1. The zero-order valence-corrected chi connectivity index (χ0v) is 13.3. The van der Waals surface area contributed by atoms with Crippen LogP contribution in [0.4, 0.5) is 0 Å². The van der Waals surface area contributed by atoms with E-state index in [1.54, 1.807) is 0 Å². The second-order valence-corrected chi connectivity index (χ2v) is 6.19. The standard InChI is InChI=1S/C20H17NS/c1-14-6-2-3-8-18-17-7-4-5-9-19(17)21(20(14)18)15-10-12-16(22)13-11-15/h2-7,9-13,22H,8H2,1H3. The first kappa shape index (κ1) is 13.5. The maximum Gasteiger partial charge on any atom is 0.0537 e. The van der Waals surface area contributed by atoms with E-state index in [4.69, 9.17) is 0 Å². The summed E-state index contributed by atoms with van der Waals surface area (Å²) in [5, 5.41) is 1.34. The summed E-state index contributed by atoms with van der Waals surface area (Å²) in [5.74, 6) is 0. The zero-order valence-electron chi connectivity index (χ0n) is 12.5. The molecule has 0 saturated carbocycles. The lowest BCUT2D eigenvalue weighted by molar-refractivity contribution is 1.07. The fraction of sp³-hybridized carbons (Fsp3) is 0.100. The molecule has 0 spiro atoms. The molecule has 2 aromatic carbocycles. The van der Waals surface area contributed by atoms with Crippen LogP contribution in [-0.4, -0.2) is 4.57 Å². The minimum atomic E-state index is 0.974. The van der Waals surface area contributed by atoms with Crippen molar-refractivity contribution in [3.8, 4) is 5.69 Å². The molecule has 1 aromatic heterocycles. The van der Waals surface area contributed by atoms with Gasteiger partial charge in [-0.15, -0.1) is 12.6 Å². The minimum absolute atomic E-state index is 0.974. The molecule has 1 heterocycles. The number of allylic oxidation sites excluding steroid dienone is 4. The van der Waals surface area contributed by atoms with E-state index in [0.29, 0.717) is 0 Å². The number of para-hydroxylation sites is 1. The number of hydrogen-bond acceptors (Lipinski definition) is 1. The van der Waals surface area contributed by atoms with E-state index < -0.39 is 0 Å². The highest BCUT2D eigenvalue weighted by atomic mass is 32.1. The number of benzene rings is 2. The molecule has 0 aliphatic heterocycles. The van der Waals surface area contributed by atoms with Gasteiger partial charge in [0.1, 0.15) is 0 Å². The molecule has 0 amide bonds. The molecule has 0 bridgehead atoms. The van der Waals surface area contributed by atoms with Crippen LogP contribution in [-0.2, 0) is 6.42 Å². The van der Waals surface area contributed by atoms with Crippen molar-refractivity contribution in [3.05, 3.63) is 78.0 Å². The Hall–Kier alpha value is -2.19. The summed E-state index contributed by atoms with van der Waals surface area (Å²) in [5.41, 5.74) is 6.48. The van der Waals surface area contributed by atoms with Crippen LogP contribution in [0.1, 0.15) is 18.2 Å². The van der Waals surface area contributed by atoms with Crippen LogP contribution in [0, 0.1) is 0 Å². The van der Waals surface area contributed by atoms with Crippen molar-refractivity contribution in [1.82, 2.24) is 4.57 Å². The second kappa shape index (κ2) is 5.22. The molecule has 1 aliphatic rings. The number of hydrogen-bond donors (Lipinski definition) is 1. The fourth-order valence-electron chi connectivity index (χ4n) is 3.27. The average molecular weight is 303 g/mol. The highest BCUT2D eigenvalue weighted by molar-refractivity contribution is 7.80. The summed E-state index contributed by atoms with van der Waals surface area (Å²) in [6.45, 7) is 2.19. The Morgan fingerprint density at radius 2 is 1.77 bits per heavy atom. The molecule has 2 heteroatoms. The summed E-state index contributed by atoms with van der Waals surface area (Å²) in [7, 11) is 0. The monoisotopic (exact) mass is 303 g/mol. The lowest BCUT2D eigenvalue weighted by Gasteiger charge is -2.12. The maximum atomic E-state index is 4.41. The van der Waals surface area contributed by atoms with Gasteiger partial charge >= 0.3 is 0 Å². The third kappa shape index (κ3) is 2.03. The van der Waals surface area contributed by atoms with Crippen LogP contribution in [0.3, 0.4) is 0 Å². The molecule has 0 fully saturated rings. The SMILES string of the molecule is CC1=CC=CCc2c1n(-c1ccc(S)cc1)c1ccccc21. The number of fused-ring (bicyclic) bond motifs is 3. The molecule has 0 radical (unpaired) electrons. The highest BCUT2D eigenvalue weighted by Gasteiger charge is 2.19. The van der Waals surface area contributed by atoms with Crippen molar-refractivity contribution in [2.45, 2.75) is 18.2 Å². The van der Waals surface area contributed by atoms with Crippen LogP contribution in [0.5, 0.6) is 0 Å². The minimum Gasteiger partial charge on any atom is -0.309 e. The van der Waals surface area contributed by atoms with E-state index in [1.165, 1.54) is 33.4 Å². The summed E-state index contributed by atoms with van der Waals surface area (Å²) in [6, 6.07) is 17.0. The van der Waals surface area contributed by atoms with E-state index >= 15 is 0 Å². The van der Waals surface area contributed by atoms with Gasteiger partial charge in [-0.1, -0.05) is 36.4 Å². The Morgan fingerprint density at radius 1 is 1.00 bits per heavy atom. The predicted molar refractivity (Wildman–Crippen MR) is 97.0 cm³/mol. The van der Waals surface area contributed by atoms with Gasteiger partial charge in [0, 0.05) is 16.0 Å². The van der Waals surface area contributed by atoms with E-state index in [-0.39, 0.29) is 0 Å². The van der Waals surface area contributed by atoms with E-state index in [9.17, 15) is 0 Å². The topological polar surface area (TPSA) is 4.93 Å². The van der Waals surface area contributed by atoms with Gasteiger partial charge in [-0.25, -0.2) is 0 Å². The lowest BCUT2D eigenvalue weighted by atomic mass is 10.1. The van der Waals surface area contributed by atoms with Gasteiger partial charge in [-0.3, -0.25) is 0 Å². The van der Waals surface area contributed by atoms with Crippen molar-refractivity contribution < 1.29 is 0 Å². The summed E-state index contributed by atoms with van der Waals surface area (Å²) in [4.78, 5) is 0.986. The van der Waals surface area contributed by atoms with Crippen molar-refractivity contribution in [2.24, 2.45) is 0 Å². The number of rotatable bonds is 1. The van der Waals surface area contributed by atoms with Crippen molar-refractivity contribution in [1.29, 1.82) is 0 Å². The molecule has 0 N–H and O–H groups in total.